The molecule has 10 heteroatoms. The number of anilines is 3. The second-order valence-electron chi connectivity index (χ2n) is 7.91. The van der Waals surface area contributed by atoms with Gasteiger partial charge in [-0.25, -0.2) is 4.98 Å². The minimum absolute atomic E-state index is 0.0361. The fourth-order valence-corrected chi connectivity index (χ4v) is 4.71. The average Bonchev–Trinajstić information content (AvgIpc) is 3.24. The topological polar surface area (TPSA) is 104 Å². The van der Waals surface area contributed by atoms with Gasteiger partial charge >= 0.3 is 0 Å². The van der Waals surface area contributed by atoms with Gasteiger partial charge in [0, 0.05) is 31.1 Å². The maximum Gasteiger partial charge on any atom is 0.234 e. The normalized spacial score (nSPS) is 14.6. The van der Waals surface area contributed by atoms with Crippen LogP contribution in [0.5, 0.6) is 0 Å². The largest absolute Gasteiger partial charge is 0.396 e. The maximum absolute atomic E-state index is 12.8. The summed E-state index contributed by atoms with van der Waals surface area (Å²) in [5, 5.41) is 13.6. The number of Topliss-reactive ketones (excluding diaryl/α,β-unsaturated/α-hetero) is 1. The van der Waals surface area contributed by atoms with Crippen LogP contribution in [0, 0.1) is 19.8 Å². The molecule has 4 rings (SSSR count). The van der Waals surface area contributed by atoms with E-state index in [4.69, 9.17) is 11.6 Å². The summed E-state index contributed by atoms with van der Waals surface area (Å²) >= 11 is 7.53. The Hall–Kier alpha value is -2.62. The molecule has 0 spiro atoms. The van der Waals surface area contributed by atoms with Crippen molar-refractivity contribution < 1.29 is 9.90 Å². The predicted molar refractivity (Wildman–Crippen MR) is 126 cm³/mol. The highest BCUT2D eigenvalue weighted by molar-refractivity contribution is 7.17. The number of carbonyl (C=O) groups excluding carboxylic acids is 1. The first-order chi connectivity index (χ1) is 15.4. The number of carbonyl (C=O) groups is 1. The molecule has 1 fully saturated rings. The van der Waals surface area contributed by atoms with E-state index in [1.54, 1.807) is 12.3 Å². The van der Waals surface area contributed by atoms with Crippen LogP contribution in [0.15, 0.2) is 24.4 Å². The summed E-state index contributed by atoms with van der Waals surface area (Å²) in [6.45, 7) is 5.58. The monoisotopic (exact) mass is 472 g/mol. The zero-order valence-electron chi connectivity index (χ0n) is 18.0. The third-order valence-corrected chi connectivity index (χ3v) is 6.89. The van der Waals surface area contributed by atoms with E-state index in [0.29, 0.717) is 38.7 Å². The molecule has 0 aliphatic carbocycles. The lowest BCUT2D eigenvalue weighted by molar-refractivity contribution is 0.0996. The molecule has 0 saturated carbocycles. The lowest BCUT2D eigenvalue weighted by atomic mass is 9.98. The van der Waals surface area contributed by atoms with E-state index in [9.17, 15) is 9.90 Å². The zero-order chi connectivity index (χ0) is 22.7. The number of aromatic nitrogens is 4. The third-order valence-electron chi connectivity index (χ3n) is 5.58. The molecule has 1 aliphatic rings. The second kappa shape index (κ2) is 9.89. The van der Waals surface area contributed by atoms with Gasteiger partial charge in [-0.15, -0.1) is 0 Å². The van der Waals surface area contributed by atoms with Crippen LogP contribution >= 0.6 is 22.9 Å². The number of halogens is 1. The number of hydrogen-bond acceptors (Lipinski definition) is 9. The molecule has 0 radical (unpaired) electrons. The van der Waals surface area contributed by atoms with E-state index >= 15 is 0 Å². The van der Waals surface area contributed by atoms with E-state index in [0.717, 1.165) is 37.1 Å². The van der Waals surface area contributed by atoms with Crippen LogP contribution in [0.2, 0.25) is 5.02 Å². The number of hydrogen-bond donors (Lipinski definition) is 2. The van der Waals surface area contributed by atoms with Crippen molar-refractivity contribution in [1.82, 2.24) is 19.9 Å². The molecule has 1 aliphatic heterocycles. The number of aliphatic hydroxyl groups excluding tert-OH is 1. The molecule has 8 nitrogen and oxygen atoms in total. The Kier molecular flexibility index (Phi) is 6.98. The number of aryl methyl sites for hydroxylation is 2. The van der Waals surface area contributed by atoms with E-state index in [1.165, 1.54) is 11.3 Å². The zero-order valence-corrected chi connectivity index (χ0v) is 19.6. The van der Waals surface area contributed by atoms with E-state index in [-0.39, 0.29) is 18.8 Å². The summed E-state index contributed by atoms with van der Waals surface area (Å²) in [4.78, 5) is 33.1. The quantitative estimate of drug-likeness (QED) is 0.497. The first kappa shape index (κ1) is 22.6. The van der Waals surface area contributed by atoms with Crippen molar-refractivity contribution in [3.63, 3.8) is 0 Å². The third kappa shape index (κ3) is 5.23. The summed E-state index contributed by atoms with van der Waals surface area (Å²) in [7, 11) is 0. The van der Waals surface area contributed by atoms with Crippen LogP contribution in [0.25, 0.3) is 0 Å². The Morgan fingerprint density at radius 1 is 1.25 bits per heavy atom. The van der Waals surface area contributed by atoms with E-state index < -0.39 is 0 Å². The van der Waals surface area contributed by atoms with Crippen molar-refractivity contribution >= 4 is 45.7 Å². The number of nitrogens with zero attached hydrogens (tertiary/aromatic N) is 5. The Balaban J connectivity index is 1.45. The summed E-state index contributed by atoms with van der Waals surface area (Å²) in [6, 6.07) is 5.62. The van der Waals surface area contributed by atoms with Gasteiger partial charge in [0.05, 0.1) is 11.1 Å². The molecule has 0 unspecified atom stereocenters. The summed E-state index contributed by atoms with van der Waals surface area (Å²) in [5.74, 6) is 1.91. The first-order valence-electron chi connectivity index (χ1n) is 10.5. The highest BCUT2D eigenvalue weighted by Crippen LogP contribution is 2.26. The fraction of sp³-hybridized carbons (Fsp3) is 0.409. The van der Waals surface area contributed by atoms with Crippen molar-refractivity contribution in [3.05, 3.63) is 51.2 Å². The van der Waals surface area contributed by atoms with Crippen molar-refractivity contribution in [1.29, 1.82) is 0 Å². The Bertz CT molecular complexity index is 1090. The number of benzene rings is 1. The number of nitrogens with one attached hydrogen (secondary N) is 1. The van der Waals surface area contributed by atoms with Gasteiger partial charge in [-0.3, -0.25) is 10.1 Å². The minimum atomic E-state index is -0.0361. The van der Waals surface area contributed by atoms with E-state index in [1.807, 2.05) is 26.0 Å². The van der Waals surface area contributed by atoms with Gasteiger partial charge in [0.2, 0.25) is 11.9 Å². The maximum atomic E-state index is 12.8. The lowest BCUT2D eigenvalue weighted by Crippen LogP contribution is -2.36. The van der Waals surface area contributed by atoms with Gasteiger partial charge in [0.25, 0.3) is 0 Å². The van der Waals surface area contributed by atoms with Crippen LogP contribution in [0.4, 0.5) is 17.0 Å². The van der Waals surface area contributed by atoms with Gasteiger partial charge in [-0.1, -0.05) is 35.1 Å². The SMILES string of the molecule is Cc1nc(Nc2ncc(C(=O)Cc3c(C)cccc3Cl)s2)nc(N2CCC(CO)CC2)n1. The molecule has 2 aromatic heterocycles. The van der Waals surface area contributed by atoms with Crippen molar-refractivity contribution in [2.75, 3.05) is 29.9 Å². The number of thiazole rings is 1. The van der Waals surface area contributed by atoms with Crippen LogP contribution in [-0.2, 0) is 6.42 Å². The molecule has 32 heavy (non-hydrogen) atoms. The lowest BCUT2D eigenvalue weighted by Gasteiger charge is -2.31. The molecule has 0 bridgehead atoms. The molecule has 2 N–H and O–H groups in total. The van der Waals surface area contributed by atoms with Gasteiger partial charge in [-0.05, 0) is 49.8 Å². The number of piperidine rings is 1. The van der Waals surface area contributed by atoms with Crippen LogP contribution in [-0.4, -0.2) is 50.5 Å². The van der Waals surface area contributed by atoms with Gasteiger partial charge < -0.3 is 10.0 Å². The molecule has 168 valence electrons. The Labute approximate surface area is 195 Å². The highest BCUT2D eigenvalue weighted by atomic mass is 35.5. The Morgan fingerprint density at radius 2 is 2.03 bits per heavy atom. The standard InChI is InChI=1S/C22H25ClN6O2S/c1-13-4-3-5-17(23)16(13)10-18(31)19-11-24-22(32-19)28-20-25-14(2)26-21(27-20)29-8-6-15(12-30)7-9-29/h3-5,11,15,30H,6-10,12H2,1-2H3,(H,24,25,26,27,28). The van der Waals surface area contributed by atoms with Crippen molar-refractivity contribution in [3.8, 4) is 0 Å². The molecule has 0 atom stereocenters. The summed E-state index contributed by atoms with van der Waals surface area (Å²) in [5.41, 5.74) is 1.83. The van der Waals surface area contributed by atoms with Gasteiger partial charge in [0.15, 0.2) is 10.9 Å². The van der Waals surface area contributed by atoms with Crippen molar-refractivity contribution in [2.24, 2.45) is 5.92 Å². The molecule has 3 heterocycles. The molecule has 1 aromatic carbocycles. The predicted octanol–water partition coefficient (Wildman–Crippen LogP) is 3.98. The van der Waals surface area contributed by atoms with Crippen LogP contribution in [0.1, 0.15) is 39.5 Å². The van der Waals surface area contributed by atoms with Gasteiger partial charge in [-0.2, -0.15) is 15.0 Å². The van der Waals surface area contributed by atoms with Gasteiger partial charge in [0.1, 0.15) is 5.82 Å². The van der Waals surface area contributed by atoms with E-state index in [2.05, 4.69) is 30.2 Å². The first-order valence-corrected chi connectivity index (χ1v) is 11.7. The number of aliphatic hydroxyl groups is 1. The molecule has 1 saturated heterocycles. The number of rotatable bonds is 7. The molecule has 0 amide bonds. The summed E-state index contributed by atoms with van der Waals surface area (Å²) in [6.07, 6.45) is 3.61. The smallest absolute Gasteiger partial charge is 0.234 e. The highest BCUT2D eigenvalue weighted by Gasteiger charge is 2.22. The number of ketones is 1. The minimum Gasteiger partial charge on any atom is -0.396 e. The molecular weight excluding hydrogens is 448 g/mol. The molecular formula is C22H25ClN6O2S. The average molecular weight is 473 g/mol. The second-order valence-corrected chi connectivity index (χ2v) is 9.35. The molecule has 3 aromatic rings. The van der Waals surface area contributed by atoms with Crippen LogP contribution < -0.4 is 10.2 Å². The fourth-order valence-electron chi connectivity index (χ4n) is 3.68. The van der Waals surface area contributed by atoms with Crippen LogP contribution in [0.3, 0.4) is 0 Å². The summed E-state index contributed by atoms with van der Waals surface area (Å²) < 4.78 is 0. The van der Waals surface area contributed by atoms with Crippen molar-refractivity contribution in [2.45, 2.75) is 33.1 Å². The Morgan fingerprint density at radius 3 is 2.75 bits per heavy atom.